The first-order valence-corrected chi connectivity index (χ1v) is 9.09. The topological polar surface area (TPSA) is 64.1 Å². The van der Waals surface area contributed by atoms with E-state index in [1.807, 2.05) is 5.38 Å². The van der Waals surface area contributed by atoms with Crippen molar-refractivity contribution in [2.24, 2.45) is 0 Å². The van der Waals surface area contributed by atoms with E-state index in [1.165, 1.54) is 34.8 Å². The number of hydrogen-bond donors (Lipinski definition) is 1. The number of halogens is 1. The molecule has 0 atom stereocenters. The quantitative estimate of drug-likeness (QED) is 0.491. The average Bonchev–Trinajstić information content (AvgIpc) is 3.28. The highest BCUT2D eigenvalue weighted by Gasteiger charge is 2.13. The molecule has 0 unspecified atom stereocenters. The van der Waals surface area contributed by atoms with Crippen molar-refractivity contribution in [3.05, 3.63) is 64.9 Å². The number of nitrogens with zero attached hydrogens (tertiary/aromatic N) is 2. The van der Waals surface area contributed by atoms with Gasteiger partial charge in [0.25, 0.3) is 0 Å². The van der Waals surface area contributed by atoms with Crippen molar-refractivity contribution in [3.8, 4) is 10.6 Å². The summed E-state index contributed by atoms with van der Waals surface area (Å²) in [7, 11) is 0. The highest BCUT2D eigenvalue weighted by molar-refractivity contribution is 7.14. The van der Waals surface area contributed by atoms with E-state index in [0.717, 1.165) is 10.6 Å². The Morgan fingerprint density at radius 2 is 2.04 bits per heavy atom. The zero-order valence-corrected chi connectivity index (χ0v) is 14.7. The maximum Gasteiger partial charge on any atom is 0.358 e. The average molecular weight is 375 g/mol. The van der Waals surface area contributed by atoms with Gasteiger partial charge < -0.3 is 10.1 Å². The predicted octanol–water partition coefficient (Wildman–Crippen LogP) is 4.36. The zero-order valence-electron chi connectivity index (χ0n) is 13.1. The van der Waals surface area contributed by atoms with Crippen LogP contribution in [-0.4, -0.2) is 22.5 Å². The van der Waals surface area contributed by atoms with Gasteiger partial charge in [-0.15, -0.1) is 29.3 Å². The number of esters is 1. The van der Waals surface area contributed by atoms with Crippen molar-refractivity contribution in [2.45, 2.75) is 6.61 Å². The third-order valence-corrected chi connectivity index (χ3v) is 4.85. The molecule has 0 radical (unpaired) electrons. The number of carbonyl (C=O) groups is 1. The number of aromatic nitrogens is 2. The fourth-order valence-electron chi connectivity index (χ4n) is 1.92. The van der Waals surface area contributed by atoms with Crippen LogP contribution >= 0.6 is 22.7 Å². The van der Waals surface area contributed by atoms with Crippen LogP contribution in [0.2, 0.25) is 0 Å². The van der Waals surface area contributed by atoms with Crippen LogP contribution in [0, 0.1) is 5.82 Å². The maximum absolute atomic E-state index is 13.0. The van der Waals surface area contributed by atoms with Crippen molar-refractivity contribution in [1.82, 2.24) is 9.97 Å². The molecule has 0 saturated carbocycles. The summed E-state index contributed by atoms with van der Waals surface area (Å²) in [5.74, 6) is -0.793. The van der Waals surface area contributed by atoms with Gasteiger partial charge in [-0.3, -0.25) is 0 Å². The number of rotatable bonds is 7. The molecule has 0 fully saturated rings. The Hall–Kier alpha value is -2.58. The van der Waals surface area contributed by atoms with Crippen LogP contribution in [-0.2, 0) is 11.3 Å². The van der Waals surface area contributed by atoms with E-state index >= 15 is 0 Å². The molecule has 0 aliphatic rings. The van der Waals surface area contributed by atoms with Gasteiger partial charge in [-0.25, -0.2) is 19.2 Å². The molecule has 1 N–H and O–H groups in total. The van der Waals surface area contributed by atoms with E-state index in [4.69, 9.17) is 4.74 Å². The Bertz CT molecular complexity index is 874. The third-order valence-electron chi connectivity index (χ3n) is 3.11. The van der Waals surface area contributed by atoms with Gasteiger partial charge in [0.15, 0.2) is 10.8 Å². The van der Waals surface area contributed by atoms with Crippen molar-refractivity contribution in [2.75, 3.05) is 11.9 Å². The van der Waals surface area contributed by atoms with Crippen LogP contribution < -0.4 is 5.32 Å². The van der Waals surface area contributed by atoms with E-state index in [9.17, 15) is 9.18 Å². The molecule has 3 rings (SSSR count). The van der Waals surface area contributed by atoms with Crippen LogP contribution in [0.5, 0.6) is 0 Å². The molecule has 8 heteroatoms. The normalized spacial score (nSPS) is 10.4. The SMILES string of the molecule is C=CCNc1nc(C(=O)OCc2csc(-c3ccc(F)cc3)n2)cs1. The number of ether oxygens (including phenoxy) is 1. The summed E-state index contributed by atoms with van der Waals surface area (Å²) in [6.07, 6.45) is 1.71. The Kier molecular flexibility index (Phi) is 5.52. The summed E-state index contributed by atoms with van der Waals surface area (Å²) in [6, 6.07) is 6.10. The monoisotopic (exact) mass is 375 g/mol. The smallest absolute Gasteiger partial charge is 0.358 e. The van der Waals surface area contributed by atoms with Gasteiger partial charge in [0.1, 0.15) is 17.4 Å². The molecule has 3 aromatic rings. The molecule has 2 heterocycles. The number of thiazole rings is 2. The Morgan fingerprint density at radius 3 is 2.80 bits per heavy atom. The molecule has 0 amide bonds. The molecule has 0 saturated heterocycles. The number of hydrogen-bond acceptors (Lipinski definition) is 7. The highest BCUT2D eigenvalue weighted by Crippen LogP contribution is 2.24. The second-order valence-corrected chi connectivity index (χ2v) is 6.65. The van der Waals surface area contributed by atoms with Crippen molar-refractivity contribution >= 4 is 33.8 Å². The molecule has 0 aliphatic heterocycles. The third kappa shape index (κ3) is 4.49. The second-order valence-electron chi connectivity index (χ2n) is 4.93. The van der Waals surface area contributed by atoms with E-state index in [1.54, 1.807) is 23.6 Å². The molecule has 25 heavy (non-hydrogen) atoms. The maximum atomic E-state index is 13.0. The Balaban J connectivity index is 1.58. The van der Waals surface area contributed by atoms with Gasteiger partial charge in [0.2, 0.25) is 0 Å². The molecule has 0 aliphatic carbocycles. The lowest BCUT2D eigenvalue weighted by Crippen LogP contribution is -2.06. The number of carbonyl (C=O) groups excluding carboxylic acids is 1. The first kappa shape index (κ1) is 17.2. The van der Waals surface area contributed by atoms with Crippen LogP contribution in [0.25, 0.3) is 10.6 Å². The fraction of sp³-hybridized carbons (Fsp3) is 0.118. The van der Waals surface area contributed by atoms with Crippen LogP contribution in [0.4, 0.5) is 9.52 Å². The summed E-state index contributed by atoms with van der Waals surface area (Å²) >= 11 is 2.74. The predicted molar refractivity (Wildman–Crippen MR) is 97.4 cm³/mol. The summed E-state index contributed by atoms with van der Waals surface area (Å²) in [5.41, 5.74) is 1.71. The first-order valence-electron chi connectivity index (χ1n) is 7.33. The van der Waals surface area contributed by atoms with E-state index in [-0.39, 0.29) is 18.1 Å². The molecule has 2 aromatic heterocycles. The summed E-state index contributed by atoms with van der Waals surface area (Å²) in [5, 5.41) is 7.84. The molecule has 5 nitrogen and oxygen atoms in total. The standard InChI is InChI=1S/C17H14FN3O2S2/c1-2-7-19-17-21-14(10-25-17)16(22)23-8-13-9-24-15(20-13)11-3-5-12(18)6-4-11/h2-6,9-10H,1,7-8H2,(H,19,21). The van der Waals surface area contributed by atoms with Gasteiger partial charge in [-0.1, -0.05) is 6.08 Å². The van der Waals surface area contributed by atoms with Crippen LogP contribution in [0.15, 0.2) is 47.7 Å². The minimum Gasteiger partial charge on any atom is -0.454 e. The minimum atomic E-state index is -0.501. The van der Waals surface area contributed by atoms with Gasteiger partial charge in [0.05, 0.1) is 5.69 Å². The van der Waals surface area contributed by atoms with Gasteiger partial charge >= 0.3 is 5.97 Å². The zero-order chi connectivity index (χ0) is 17.6. The van der Waals surface area contributed by atoms with Crippen LogP contribution in [0.3, 0.4) is 0 Å². The van der Waals surface area contributed by atoms with E-state index < -0.39 is 5.97 Å². The first-order chi connectivity index (χ1) is 12.2. The number of anilines is 1. The lowest BCUT2D eigenvalue weighted by atomic mass is 10.2. The fourth-order valence-corrected chi connectivity index (χ4v) is 3.42. The Labute approximate surface area is 151 Å². The number of benzene rings is 1. The van der Waals surface area contributed by atoms with Gasteiger partial charge in [-0.05, 0) is 24.3 Å². The second kappa shape index (κ2) is 8.00. The lowest BCUT2D eigenvalue weighted by molar-refractivity contribution is 0.0462. The molecular weight excluding hydrogens is 361 g/mol. The summed E-state index contributed by atoms with van der Waals surface area (Å²) in [4.78, 5) is 20.6. The molecular formula is C17H14FN3O2S2. The molecule has 1 aromatic carbocycles. The Morgan fingerprint density at radius 1 is 1.24 bits per heavy atom. The largest absolute Gasteiger partial charge is 0.454 e. The molecule has 0 spiro atoms. The van der Waals surface area contributed by atoms with Crippen molar-refractivity contribution < 1.29 is 13.9 Å². The van der Waals surface area contributed by atoms with Crippen molar-refractivity contribution in [3.63, 3.8) is 0 Å². The van der Waals surface area contributed by atoms with Gasteiger partial charge in [0, 0.05) is 22.9 Å². The lowest BCUT2D eigenvalue weighted by Gasteiger charge is -2.00. The van der Waals surface area contributed by atoms with Crippen molar-refractivity contribution in [1.29, 1.82) is 0 Å². The summed E-state index contributed by atoms with van der Waals surface area (Å²) < 4.78 is 18.2. The highest BCUT2D eigenvalue weighted by atomic mass is 32.1. The number of nitrogens with one attached hydrogen (secondary N) is 1. The van der Waals surface area contributed by atoms with Gasteiger partial charge in [-0.2, -0.15) is 0 Å². The minimum absolute atomic E-state index is 0.0590. The summed E-state index contributed by atoms with van der Waals surface area (Å²) in [6.45, 7) is 4.24. The molecule has 0 bridgehead atoms. The van der Waals surface area contributed by atoms with Crippen LogP contribution in [0.1, 0.15) is 16.2 Å². The van der Waals surface area contributed by atoms with E-state index in [0.29, 0.717) is 17.4 Å². The van der Waals surface area contributed by atoms with E-state index in [2.05, 4.69) is 21.9 Å². The molecule has 128 valence electrons.